The minimum atomic E-state index is -3.72. The summed E-state index contributed by atoms with van der Waals surface area (Å²) in [4.78, 5) is 10.7. The van der Waals surface area contributed by atoms with E-state index in [1.54, 1.807) is 18.2 Å². The molecule has 4 nitrogen and oxygen atoms in total. The third-order valence-corrected chi connectivity index (χ3v) is 3.15. The monoisotopic (exact) mass is 225 g/mol. The Hall–Kier alpha value is -1.62. The highest BCUT2D eigenvalue weighted by atomic mass is 32.2. The molecule has 1 rings (SSSR count). The first-order valence-electron chi connectivity index (χ1n) is 4.21. The number of carbonyl (C=O) groups excluding carboxylic acids is 1. The molecule has 0 aliphatic rings. The van der Waals surface area contributed by atoms with Gasteiger partial charge in [0.1, 0.15) is 0 Å². The van der Waals surface area contributed by atoms with E-state index in [9.17, 15) is 13.2 Å². The summed E-state index contributed by atoms with van der Waals surface area (Å²) in [7, 11) is -3.72. The molecule has 15 heavy (non-hydrogen) atoms. The molecule has 0 aromatic heterocycles. The van der Waals surface area contributed by atoms with Gasteiger partial charge in [0.15, 0.2) is 0 Å². The molecule has 0 atom stereocenters. The lowest BCUT2D eigenvalue weighted by Gasteiger charge is -2.04. The largest absolute Gasteiger partial charge is 0.274 e. The van der Waals surface area contributed by atoms with Gasteiger partial charge in [0.25, 0.3) is 10.0 Å². The minimum Gasteiger partial charge on any atom is -0.274 e. The Morgan fingerprint density at radius 2 is 1.87 bits per heavy atom. The summed E-state index contributed by atoms with van der Waals surface area (Å²) >= 11 is 0. The first-order valence-corrected chi connectivity index (χ1v) is 5.70. The first-order chi connectivity index (χ1) is 6.95. The van der Waals surface area contributed by atoms with Crippen LogP contribution in [0.25, 0.3) is 6.08 Å². The summed E-state index contributed by atoms with van der Waals surface area (Å²) < 4.78 is 24.8. The van der Waals surface area contributed by atoms with Crippen molar-refractivity contribution in [1.82, 2.24) is 4.72 Å². The number of carbonyl (C=O) groups is 1. The number of benzene rings is 1. The molecule has 0 radical (unpaired) electrons. The molecule has 1 aromatic rings. The van der Waals surface area contributed by atoms with Crippen LogP contribution in [0.15, 0.2) is 35.7 Å². The maximum absolute atomic E-state index is 11.5. The van der Waals surface area contributed by atoms with Crippen LogP contribution >= 0.6 is 0 Å². The molecule has 0 unspecified atom stereocenters. The van der Waals surface area contributed by atoms with E-state index < -0.39 is 15.9 Å². The van der Waals surface area contributed by atoms with E-state index in [0.717, 1.165) is 12.5 Å². The molecule has 0 aliphatic heterocycles. The molecular weight excluding hydrogens is 214 g/mol. The SMILES string of the molecule is C=Cc1ccc(S(=O)(=O)NC(C)=O)cc1. The van der Waals surface area contributed by atoms with Crippen molar-refractivity contribution in [2.75, 3.05) is 0 Å². The van der Waals surface area contributed by atoms with E-state index in [0.29, 0.717) is 0 Å². The van der Waals surface area contributed by atoms with Crippen LogP contribution in [0.3, 0.4) is 0 Å². The van der Waals surface area contributed by atoms with Gasteiger partial charge in [-0.25, -0.2) is 13.1 Å². The van der Waals surface area contributed by atoms with Gasteiger partial charge < -0.3 is 0 Å². The third-order valence-electron chi connectivity index (χ3n) is 1.70. The van der Waals surface area contributed by atoms with Crippen molar-refractivity contribution >= 4 is 22.0 Å². The van der Waals surface area contributed by atoms with Crippen LogP contribution in [0.5, 0.6) is 0 Å². The van der Waals surface area contributed by atoms with E-state index in [4.69, 9.17) is 0 Å². The van der Waals surface area contributed by atoms with Crippen molar-refractivity contribution in [3.05, 3.63) is 36.4 Å². The van der Waals surface area contributed by atoms with Gasteiger partial charge in [-0.2, -0.15) is 0 Å². The Labute approximate surface area is 88.7 Å². The zero-order valence-electron chi connectivity index (χ0n) is 8.23. The Morgan fingerprint density at radius 1 is 1.33 bits per heavy atom. The van der Waals surface area contributed by atoms with Gasteiger partial charge in [0, 0.05) is 6.92 Å². The molecule has 0 fully saturated rings. The standard InChI is InChI=1S/C10H11NO3S/c1-3-9-4-6-10(7-5-9)15(13,14)11-8(2)12/h3-7H,1H2,2H3,(H,11,12). The van der Waals surface area contributed by atoms with Crippen molar-refractivity contribution in [2.24, 2.45) is 0 Å². The van der Waals surface area contributed by atoms with Crippen LogP contribution in [-0.2, 0) is 14.8 Å². The Morgan fingerprint density at radius 3 is 2.27 bits per heavy atom. The number of sulfonamides is 1. The van der Waals surface area contributed by atoms with E-state index in [1.807, 2.05) is 4.72 Å². The van der Waals surface area contributed by atoms with Gasteiger partial charge in [-0.05, 0) is 17.7 Å². The predicted octanol–water partition coefficient (Wildman–Crippen LogP) is 1.15. The normalized spacial score (nSPS) is 10.7. The molecule has 1 N–H and O–H groups in total. The van der Waals surface area contributed by atoms with Gasteiger partial charge in [-0.3, -0.25) is 4.79 Å². The lowest BCUT2D eigenvalue weighted by molar-refractivity contribution is -0.117. The summed E-state index contributed by atoms with van der Waals surface area (Å²) in [6.07, 6.45) is 1.61. The van der Waals surface area contributed by atoms with Crippen molar-refractivity contribution < 1.29 is 13.2 Å². The fourth-order valence-electron chi connectivity index (χ4n) is 1.03. The molecule has 0 bridgehead atoms. The topological polar surface area (TPSA) is 63.2 Å². The highest BCUT2D eigenvalue weighted by molar-refractivity contribution is 7.90. The number of rotatable bonds is 3. The summed E-state index contributed by atoms with van der Waals surface area (Å²) in [5, 5.41) is 0. The summed E-state index contributed by atoms with van der Waals surface area (Å²) in [5.74, 6) is -0.609. The van der Waals surface area contributed by atoms with Crippen LogP contribution in [0, 0.1) is 0 Å². The minimum absolute atomic E-state index is 0.0586. The lowest BCUT2D eigenvalue weighted by atomic mass is 10.2. The summed E-state index contributed by atoms with van der Waals surface area (Å²) in [6, 6.07) is 6.06. The molecule has 0 saturated carbocycles. The maximum atomic E-state index is 11.5. The molecule has 1 amide bonds. The van der Waals surface area contributed by atoms with Gasteiger partial charge in [-0.15, -0.1) is 0 Å². The summed E-state index contributed by atoms with van der Waals surface area (Å²) in [5.41, 5.74) is 0.816. The van der Waals surface area contributed by atoms with Crippen molar-refractivity contribution in [3.8, 4) is 0 Å². The quantitative estimate of drug-likeness (QED) is 0.839. The van der Waals surface area contributed by atoms with Gasteiger partial charge in [-0.1, -0.05) is 24.8 Å². The Kier molecular flexibility index (Phi) is 3.26. The van der Waals surface area contributed by atoms with Crippen LogP contribution < -0.4 is 4.72 Å². The molecule has 5 heteroatoms. The third kappa shape index (κ3) is 2.92. The number of hydrogen-bond acceptors (Lipinski definition) is 3. The summed E-state index contributed by atoms with van der Waals surface area (Å²) in [6.45, 7) is 4.70. The smallest absolute Gasteiger partial charge is 0.264 e. The second-order valence-electron chi connectivity index (χ2n) is 2.93. The zero-order valence-corrected chi connectivity index (χ0v) is 9.04. The lowest BCUT2D eigenvalue weighted by Crippen LogP contribution is -2.28. The average Bonchev–Trinajstić information content (AvgIpc) is 2.16. The van der Waals surface area contributed by atoms with Crippen LogP contribution in [0.4, 0.5) is 0 Å². The van der Waals surface area contributed by atoms with Gasteiger partial charge in [0.2, 0.25) is 5.91 Å². The number of amides is 1. The van der Waals surface area contributed by atoms with E-state index in [2.05, 4.69) is 6.58 Å². The van der Waals surface area contributed by atoms with Crippen LogP contribution in [0.1, 0.15) is 12.5 Å². The van der Waals surface area contributed by atoms with Crippen molar-refractivity contribution in [2.45, 2.75) is 11.8 Å². The zero-order chi connectivity index (χ0) is 11.5. The molecule has 0 saturated heterocycles. The molecule has 0 aliphatic carbocycles. The van der Waals surface area contributed by atoms with E-state index >= 15 is 0 Å². The Balaban J connectivity index is 3.06. The van der Waals surface area contributed by atoms with E-state index in [-0.39, 0.29) is 4.90 Å². The molecule has 80 valence electrons. The number of hydrogen-bond donors (Lipinski definition) is 1. The molecule has 1 aromatic carbocycles. The van der Waals surface area contributed by atoms with Gasteiger partial charge in [0.05, 0.1) is 4.90 Å². The highest BCUT2D eigenvalue weighted by Gasteiger charge is 2.14. The fraction of sp³-hybridized carbons (Fsp3) is 0.100. The van der Waals surface area contributed by atoms with Crippen molar-refractivity contribution in [3.63, 3.8) is 0 Å². The second-order valence-corrected chi connectivity index (χ2v) is 4.62. The molecular formula is C10H11NO3S. The van der Waals surface area contributed by atoms with Crippen molar-refractivity contribution in [1.29, 1.82) is 0 Å². The van der Waals surface area contributed by atoms with Gasteiger partial charge >= 0.3 is 0 Å². The molecule has 0 spiro atoms. The molecule has 0 heterocycles. The predicted molar refractivity (Wildman–Crippen MR) is 57.5 cm³/mol. The average molecular weight is 225 g/mol. The number of nitrogens with one attached hydrogen (secondary N) is 1. The highest BCUT2D eigenvalue weighted by Crippen LogP contribution is 2.10. The maximum Gasteiger partial charge on any atom is 0.264 e. The van der Waals surface area contributed by atoms with Crippen LogP contribution in [-0.4, -0.2) is 14.3 Å². The Bertz CT molecular complexity index is 474. The fourth-order valence-corrected chi connectivity index (χ4v) is 2.02. The van der Waals surface area contributed by atoms with E-state index in [1.165, 1.54) is 12.1 Å². The first kappa shape index (κ1) is 11.5. The van der Waals surface area contributed by atoms with Crippen LogP contribution in [0.2, 0.25) is 0 Å². The second kappa shape index (κ2) is 4.27.